The largest absolute Gasteiger partial charge is 0.399 e. The minimum atomic E-state index is -0.626. The maximum atomic E-state index is 10.2. The lowest BCUT2D eigenvalue weighted by Crippen LogP contribution is -2.13. The first-order chi connectivity index (χ1) is 10.2. The standard InChI is InChI=1S/C16H16N4O/c17-12-7-5-11(6-8-12)15(21)9-18-16-13-3-1-2-4-14(13)19-10-20-16/h1-8,10,15,21H,9,17H2,(H,18,19,20). The molecule has 0 radical (unpaired) electrons. The Balaban J connectivity index is 1.76. The highest BCUT2D eigenvalue weighted by Crippen LogP contribution is 2.20. The van der Waals surface area contributed by atoms with Crippen LogP contribution in [-0.4, -0.2) is 21.6 Å². The molecule has 0 fully saturated rings. The van der Waals surface area contributed by atoms with Gasteiger partial charge in [0, 0.05) is 17.6 Å². The molecule has 2 aromatic carbocycles. The van der Waals surface area contributed by atoms with Crippen molar-refractivity contribution >= 4 is 22.4 Å². The van der Waals surface area contributed by atoms with Crippen LogP contribution < -0.4 is 11.1 Å². The molecular formula is C16H16N4O. The van der Waals surface area contributed by atoms with E-state index in [0.717, 1.165) is 22.3 Å². The van der Waals surface area contributed by atoms with Gasteiger partial charge in [0.2, 0.25) is 0 Å². The lowest BCUT2D eigenvalue weighted by molar-refractivity contribution is 0.191. The van der Waals surface area contributed by atoms with Gasteiger partial charge < -0.3 is 16.2 Å². The first-order valence-electron chi connectivity index (χ1n) is 6.71. The molecule has 0 bridgehead atoms. The first kappa shape index (κ1) is 13.3. The summed E-state index contributed by atoms with van der Waals surface area (Å²) >= 11 is 0. The number of rotatable bonds is 4. The number of nitrogens with two attached hydrogens (primary N) is 1. The Bertz CT molecular complexity index is 737. The van der Waals surface area contributed by atoms with Crippen LogP contribution in [0.25, 0.3) is 10.9 Å². The average Bonchev–Trinajstić information content (AvgIpc) is 2.53. The summed E-state index contributed by atoms with van der Waals surface area (Å²) in [7, 11) is 0. The van der Waals surface area contributed by atoms with E-state index in [1.54, 1.807) is 12.1 Å². The number of benzene rings is 2. The molecule has 5 heteroatoms. The van der Waals surface area contributed by atoms with Crippen LogP contribution in [0.5, 0.6) is 0 Å². The summed E-state index contributed by atoms with van der Waals surface area (Å²) < 4.78 is 0. The minimum Gasteiger partial charge on any atom is -0.399 e. The molecule has 0 spiro atoms. The van der Waals surface area contributed by atoms with Crippen LogP contribution in [0, 0.1) is 0 Å². The van der Waals surface area contributed by atoms with Crippen LogP contribution >= 0.6 is 0 Å². The molecule has 1 atom stereocenters. The summed E-state index contributed by atoms with van der Waals surface area (Å²) in [5.41, 5.74) is 8.01. The highest BCUT2D eigenvalue weighted by Gasteiger charge is 2.09. The van der Waals surface area contributed by atoms with Gasteiger partial charge in [0.15, 0.2) is 0 Å². The monoisotopic (exact) mass is 280 g/mol. The van der Waals surface area contributed by atoms with E-state index >= 15 is 0 Å². The number of para-hydroxylation sites is 1. The van der Waals surface area contributed by atoms with E-state index < -0.39 is 6.10 Å². The molecule has 21 heavy (non-hydrogen) atoms. The van der Waals surface area contributed by atoms with Gasteiger partial charge in [-0.3, -0.25) is 0 Å². The smallest absolute Gasteiger partial charge is 0.137 e. The molecule has 5 nitrogen and oxygen atoms in total. The number of aliphatic hydroxyl groups excluding tert-OH is 1. The Morgan fingerprint density at radius 2 is 1.81 bits per heavy atom. The number of aromatic nitrogens is 2. The van der Waals surface area contributed by atoms with Crippen molar-refractivity contribution < 1.29 is 5.11 Å². The fraction of sp³-hybridized carbons (Fsp3) is 0.125. The molecule has 0 aliphatic heterocycles. The van der Waals surface area contributed by atoms with Gasteiger partial charge >= 0.3 is 0 Å². The zero-order valence-electron chi connectivity index (χ0n) is 11.4. The molecule has 0 saturated carbocycles. The summed E-state index contributed by atoms with van der Waals surface area (Å²) in [6.07, 6.45) is 0.889. The van der Waals surface area contributed by atoms with Gasteiger partial charge in [0.05, 0.1) is 11.6 Å². The Morgan fingerprint density at radius 3 is 2.62 bits per heavy atom. The highest BCUT2D eigenvalue weighted by molar-refractivity contribution is 5.88. The summed E-state index contributed by atoms with van der Waals surface area (Å²) in [4.78, 5) is 8.44. The summed E-state index contributed by atoms with van der Waals surface area (Å²) in [6.45, 7) is 0.366. The summed E-state index contributed by atoms with van der Waals surface area (Å²) in [5.74, 6) is 0.718. The Kier molecular flexibility index (Phi) is 3.66. The molecular weight excluding hydrogens is 264 g/mol. The van der Waals surface area contributed by atoms with Gasteiger partial charge in [-0.15, -0.1) is 0 Å². The third-order valence-electron chi connectivity index (χ3n) is 3.33. The molecule has 3 rings (SSSR count). The number of nitrogens with one attached hydrogen (secondary N) is 1. The number of hydrogen-bond acceptors (Lipinski definition) is 5. The predicted molar refractivity (Wildman–Crippen MR) is 83.8 cm³/mol. The lowest BCUT2D eigenvalue weighted by atomic mass is 10.1. The van der Waals surface area contributed by atoms with Crippen LogP contribution in [0.4, 0.5) is 11.5 Å². The fourth-order valence-electron chi connectivity index (χ4n) is 2.18. The quantitative estimate of drug-likeness (QED) is 0.639. The van der Waals surface area contributed by atoms with Gasteiger partial charge in [-0.2, -0.15) is 0 Å². The van der Waals surface area contributed by atoms with Crippen molar-refractivity contribution in [3.05, 3.63) is 60.4 Å². The lowest BCUT2D eigenvalue weighted by Gasteiger charge is -2.13. The van der Waals surface area contributed by atoms with Crippen molar-refractivity contribution in [3.8, 4) is 0 Å². The molecule has 0 aliphatic carbocycles. The summed E-state index contributed by atoms with van der Waals surface area (Å²) in [5, 5.41) is 14.3. The van der Waals surface area contributed by atoms with Crippen molar-refractivity contribution in [1.82, 2.24) is 9.97 Å². The predicted octanol–water partition coefficient (Wildman–Crippen LogP) is 2.36. The van der Waals surface area contributed by atoms with Crippen molar-refractivity contribution in [1.29, 1.82) is 0 Å². The molecule has 0 aliphatic rings. The topological polar surface area (TPSA) is 84.1 Å². The van der Waals surface area contributed by atoms with Crippen LogP contribution in [0.3, 0.4) is 0 Å². The molecule has 3 aromatic rings. The van der Waals surface area contributed by atoms with E-state index in [9.17, 15) is 5.11 Å². The Labute approximate surface area is 122 Å². The normalized spacial score (nSPS) is 12.2. The molecule has 0 amide bonds. The van der Waals surface area contributed by atoms with Gasteiger partial charge in [0.25, 0.3) is 0 Å². The Morgan fingerprint density at radius 1 is 1.05 bits per heavy atom. The number of hydrogen-bond donors (Lipinski definition) is 3. The van der Waals surface area contributed by atoms with E-state index in [2.05, 4.69) is 15.3 Å². The van der Waals surface area contributed by atoms with Gasteiger partial charge in [-0.25, -0.2) is 9.97 Å². The van der Waals surface area contributed by atoms with Crippen molar-refractivity contribution in [2.24, 2.45) is 0 Å². The number of fused-ring (bicyclic) bond motifs is 1. The third-order valence-corrected chi connectivity index (χ3v) is 3.33. The zero-order chi connectivity index (χ0) is 14.7. The molecule has 1 heterocycles. The van der Waals surface area contributed by atoms with E-state index in [-0.39, 0.29) is 0 Å². The number of nitrogen functional groups attached to an aromatic ring is 1. The van der Waals surface area contributed by atoms with E-state index in [1.807, 2.05) is 36.4 Å². The van der Waals surface area contributed by atoms with Crippen molar-refractivity contribution in [2.75, 3.05) is 17.6 Å². The second-order valence-electron chi connectivity index (χ2n) is 4.80. The average molecular weight is 280 g/mol. The number of nitrogens with zero attached hydrogens (tertiary/aromatic N) is 2. The van der Waals surface area contributed by atoms with Gasteiger partial charge in [0.1, 0.15) is 12.1 Å². The minimum absolute atomic E-state index is 0.366. The van der Waals surface area contributed by atoms with E-state index in [4.69, 9.17) is 5.73 Å². The van der Waals surface area contributed by atoms with Crippen LogP contribution in [0.1, 0.15) is 11.7 Å². The van der Waals surface area contributed by atoms with Gasteiger partial charge in [-0.05, 0) is 29.8 Å². The first-order valence-corrected chi connectivity index (χ1v) is 6.71. The van der Waals surface area contributed by atoms with Gasteiger partial charge in [-0.1, -0.05) is 24.3 Å². The maximum Gasteiger partial charge on any atom is 0.137 e. The van der Waals surface area contributed by atoms with Crippen LogP contribution in [0.15, 0.2) is 54.9 Å². The number of aliphatic hydroxyl groups is 1. The maximum absolute atomic E-state index is 10.2. The fourth-order valence-corrected chi connectivity index (χ4v) is 2.18. The SMILES string of the molecule is Nc1ccc(C(O)CNc2ncnc3ccccc23)cc1. The third kappa shape index (κ3) is 2.93. The van der Waals surface area contributed by atoms with E-state index in [0.29, 0.717) is 12.2 Å². The second kappa shape index (κ2) is 5.76. The molecule has 4 N–H and O–H groups in total. The number of anilines is 2. The molecule has 0 saturated heterocycles. The van der Waals surface area contributed by atoms with Crippen LogP contribution in [0.2, 0.25) is 0 Å². The summed E-state index contributed by atoms with van der Waals surface area (Å²) in [6, 6.07) is 14.9. The van der Waals surface area contributed by atoms with Crippen molar-refractivity contribution in [2.45, 2.75) is 6.10 Å². The molecule has 106 valence electrons. The molecule has 1 unspecified atom stereocenters. The van der Waals surface area contributed by atoms with Crippen LogP contribution in [-0.2, 0) is 0 Å². The zero-order valence-corrected chi connectivity index (χ0v) is 11.4. The van der Waals surface area contributed by atoms with E-state index in [1.165, 1.54) is 6.33 Å². The second-order valence-corrected chi connectivity index (χ2v) is 4.80. The Hall–Kier alpha value is -2.66. The molecule has 1 aromatic heterocycles. The highest BCUT2D eigenvalue weighted by atomic mass is 16.3. The van der Waals surface area contributed by atoms with Crippen molar-refractivity contribution in [3.63, 3.8) is 0 Å².